The summed E-state index contributed by atoms with van der Waals surface area (Å²) in [5.74, 6) is 0.00227. The minimum Gasteiger partial charge on any atom is -0.384 e. The number of aromatic nitrogens is 1. The van der Waals surface area contributed by atoms with Gasteiger partial charge >= 0.3 is 0 Å². The molecule has 0 spiro atoms. The Morgan fingerprint density at radius 1 is 1.65 bits per heavy atom. The zero-order valence-corrected chi connectivity index (χ0v) is 10.9. The smallest absolute Gasteiger partial charge is 0.300 e. The molecule has 20 heavy (non-hydrogen) atoms. The first-order valence-electron chi connectivity index (χ1n) is 6.34. The molecule has 0 aliphatic carbocycles. The van der Waals surface area contributed by atoms with Crippen molar-refractivity contribution in [2.24, 2.45) is 5.92 Å². The molecule has 1 fully saturated rings. The molecule has 1 unspecified atom stereocenters. The minimum absolute atomic E-state index is 0.0647. The highest BCUT2D eigenvalue weighted by Gasteiger charge is 2.21. The molecule has 2 heterocycles. The molecule has 1 aromatic heterocycles. The number of nitrogens with one attached hydrogen (secondary N) is 1. The normalized spacial score (nSPS) is 17.9. The summed E-state index contributed by atoms with van der Waals surface area (Å²) >= 11 is 0. The number of carbonyl (C=O) groups excluding carboxylic acids is 1. The van der Waals surface area contributed by atoms with E-state index in [1.54, 1.807) is 0 Å². The molecule has 3 N–H and O–H groups in total. The predicted molar refractivity (Wildman–Crippen MR) is 71.2 cm³/mol. The zero-order valence-electron chi connectivity index (χ0n) is 10.9. The third kappa shape index (κ3) is 3.41. The van der Waals surface area contributed by atoms with E-state index >= 15 is 0 Å². The number of anilines is 1. The molecule has 0 saturated carbocycles. The SMILES string of the molecule is Nc1cc(C(=O)NCCC2CCOC2)c([N+](=O)[O-])cn1. The number of rotatable bonds is 5. The Kier molecular flexibility index (Phi) is 4.46. The van der Waals surface area contributed by atoms with Crippen LogP contribution in [0.5, 0.6) is 0 Å². The fraction of sp³-hybridized carbons (Fsp3) is 0.500. The molecule has 0 bridgehead atoms. The second-order valence-electron chi connectivity index (χ2n) is 4.66. The monoisotopic (exact) mass is 280 g/mol. The van der Waals surface area contributed by atoms with Crippen molar-refractivity contribution in [1.29, 1.82) is 0 Å². The number of nitrogens with zero attached hydrogens (tertiary/aromatic N) is 2. The molecule has 1 aliphatic rings. The first-order valence-corrected chi connectivity index (χ1v) is 6.34. The summed E-state index contributed by atoms with van der Waals surface area (Å²) in [6.45, 7) is 1.91. The molecule has 2 rings (SSSR count). The van der Waals surface area contributed by atoms with Crippen LogP contribution in [0.2, 0.25) is 0 Å². The number of carbonyl (C=O) groups is 1. The van der Waals surface area contributed by atoms with Crippen molar-refractivity contribution in [3.8, 4) is 0 Å². The Bertz CT molecular complexity index is 514. The van der Waals surface area contributed by atoms with Crippen molar-refractivity contribution < 1.29 is 14.5 Å². The molecule has 1 aromatic rings. The lowest BCUT2D eigenvalue weighted by Crippen LogP contribution is -2.27. The Labute approximate surface area is 115 Å². The minimum atomic E-state index is -0.647. The van der Waals surface area contributed by atoms with Gasteiger partial charge in [-0.05, 0) is 24.8 Å². The first kappa shape index (κ1) is 14.2. The van der Waals surface area contributed by atoms with Crippen molar-refractivity contribution in [1.82, 2.24) is 10.3 Å². The van der Waals surface area contributed by atoms with E-state index in [0.29, 0.717) is 19.1 Å². The van der Waals surface area contributed by atoms with Gasteiger partial charge < -0.3 is 15.8 Å². The summed E-state index contributed by atoms with van der Waals surface area (Å²) in [7, 11) is 0. The van der Waals surface area contributed by atoms with E-state index < -0.39 is 10.8 Å². The van der Waals surface area contributed by atoms with E-state index in [1.165, 1.54) is 6.07 Å². The van der Waals surface area contributed by atoms with Crippen molar-refractivity contribution in [3.63, 3.8) is 0 Å². The predicted octanol–water partition coefficient (Wildman–Crippen LogP) is 0.728. The molecule has 1 saturated heterocycles. The van der Waals surface area contributed by atoms with Crippen LogP contribution < -0.4 is 11.1 Å². The summed E-state index contributed by atoms with van der Waals surface area (Å²) in [4.78, 5) is 25.8. The van der Waals surface area contributed by atoms with Crippen molar-refractivity contribution in [2.75, 3.05) is 25.5 Å². The van der Waals surface area contributed by atoms with Crippen LogP contribution in [-0.4, -0.2) is 35.6 Å². The van der Waals surface area contributed by atoms with Gasteiger partial charge in [0.15, 0.2) is 0 Å². The topological polar surface area (TPSA) is 120 Å². The molecule has 8 heteroatoms. The van der Waals surface area contributed by atoms with Crippen LogP contribution in [0.25, 0.3) is 0 Å². The van der Waals surface area contributed by atoms with Crippen LogP contribution in [0.4, 0.5) is 11.5 Å². The number of hydrogen-bond acceptors (Lipinski definition) is 6. The molecule has 0 aromatic carbocycles. The van der Waals surface area contributed by atoms with Crippen LogP contribution in [0, 0.1) is 16.0 Å². The Balaban J connectivity index is 1.97. The van der Waals surface area contributed by atoms with E-state index in [2.05, 4.69) is 10.3 Å². The Morgan fingerprint density at radius 2 is 2.45 bits per heavy atom. The van der Waals surface area contributed by atoms with Crippen molar-refractivity contribution in [2.45, 2.75) is 12.8 Å². The molecular formula is C12H16N4O4. The number of nitro groups is 1. The van der Waals surface area contributed by atoms with Gasteiger partial charge in [0.05, 0.1) is 4.92 Å². The molecule has 1 aliphatic heterocycles. The number of hydrogen-bond donors (Lipinski definition) is 2. The van der Waals surface area contributed by atoms with E-state index in [4.69, 9.17) is 10.5 Å². The van der Waals surface area contributed by atoms with Gasteiger partial charge in [-0.15, -0.1) is 0 Å². The summed E-state index contributed by atoms with van der Waals surface area (Å²) < 4.78 is 5.24. The highest BCUT2D eigenvalue weighted by Crippen LogP contribution is 2.19. The van der Waals surface area contributed by atoms with Gasteiger partial charge in [0.1, 0.15) is 17.6 Å². The van der Waals surface area contributed by atoms with Gasteiger partial charge in [-0.1, -0.05) is 0 Å². The number of pyridine rings is 1. The lowest BCUT2D eigenvalue weighted by Gasteiger charge is -2.09. The third-order valence-electron chi connectivity index (χ3n) is 3.21. The van der Waals surface area contributed by atoms with E-state index in [1.807, 2.05) is 0 Å². The van der Waals surface area contributed by atoms with Crippen LogP contribution in [0.15, 0.2) is 12.3 Å². The molecule has 0 radical (unpaired) electrons. The molecule has 1 atom stereocenters. The standard InChI is InChI=1S/C12H16N4O4/c13-11-5-9(10(6-15-11)16(18)19)12(17)14-3-1-8-2-4-20-7-8/h5-6,8H,1-4,7H2,(H2,13,15)(H,14,17). The average molecular weight is 280 g/mol. The molecule has 8 nitrogen and oxygen atoms in total. The highest BCUT2D eigenvalue weighted by atomic mass is 16.6. The molecule has 1 amide bonds. The summed E-state index contributed by atoms with van der Waals surface area (Å²) in [6, 6.07) is 1.21. The van der Waals surface area contributed by atoms with Crippen LogP contribution in [-0.2, 0) is 4.74 Å². The average Bonchev–Trinajstić information content (AvgIpc) is 2.91. The van der Waals surface area contributed by atoms with Gasteiger partial charge in [0, 0.05) is 19.8 Å². The maximum Gasteiger partial charge on any atom is 0.300 e. The van der Waals surface area contributed by atoms with Gasteiger partial charge in [-0.3, -0.25) is 14.9 Å². The number of nitrogen functional groups attached to an aromatic ring is 1. The maximum absolute atomic E-state index is 12.0. The lowest BCUT2D eigenvalue weighted by atomic mass is 10.1. The fourth-order valence-corrected chi connectivity index (χ4v) is 2.09. The zero-order chi connectivity index (χ0) is 14.5. The van der Waals surface area contributed by atoms with E-state index in [9.17, 15) is 14.9 Å². The largest absolute Gasteiger partial charge is 0.384 e. The lowest BCUT2D eigenvalue weighted by molar-refractivity contribution is -0.385. The fourth-order valence-electron chi connectivity index (χ4n) is 2.09. The second-order valence-corrected chi connectivity index (χ2v) is 4.66. The second kappa shape index (κ2) is 6.29. The van der Waals surface area contributed by atoms with Crippen LogP contribution in [0.3, 0.4) is 0 Å². The van der Waals surface area contributed by atoms with Crippen molar-refractivity contribution >= 4 is 17.4 Å². The van der Waals surface area contributed by atoms with Crippen LogP contribution in [0.1, 0.15) is 23.2 Å². The van der Waals surface area contributed by atoms with Crippen molar-refractivity contribution in [3.05, 3.63) is 27.9 Å². The maximum atomic E-state index is 12.0. The summed E-state index contributed by atoms with van der Waals surface area (Å²) in [5, 5.41) is 13.5. The molecular weight excluding hydrogens is 264 g/mol. The quantitative estimate of drug-likeness (QED) is 0.606. The Hall–Kier alpha value is -2.22. The molecule has 108 valence electrons. The number of ether oxygens (including phenoxy) is 1. The van der Waals surface area contributed by atoms with E-state index in [-0.39, 0.29) is 17.1 Å². The van der Waals surface area contributed by atoms with Gasteiger partial charge in [0.2, 0.25) is 0 Å². The third-order valence-corrected chi connectivity index (χ3v) is 3.21. The number of nitrogens with two attached hydrogens (primary N) is 1. The first-order chi connectivity index (χ1) is 9.58. The summed E-state index contributed by atoms with van der Waals surface area (Å²) in [6.07, 6.45) is 2.77. The summed E-state index contributed by atoms with van der Waals surface area (Å²) in [5.41, 5.74) is 5.05. The van der Waals surface area contributed by atoms with Crippen LogP contribution >= 0.6 is 0 Å². The Morgan fingerprint density at radius 3 is 3.10 bits per heavy atom. The number of amides is 1. The van der Waals surface area contributed by atoms with Gasteiger partial charge in [-0.25, -0.2) is 4.98 Å². The van der Waals surface area contributed by atoms with E-state index in [0.717, 1.165) is 25.6 Å². The van der Waals surface area contributed by atoms with Gasteiger partial charge in [0.25, 0.3) is 11.6 Å². The highest BCUT2D eigenvalue weighted by molar-refractivity contribution is 5.98. The van der Waals surface area contributed by atoms with Gasteiger partial charge in [-0.2, -0.15) is 0 Å².